The van der Waals surface area contributed by atoms with Gasteiger partial charge in [-0.1, -0.05) is 18.2 Å². The molecule has 3 aromatic carbocycles. The zero-order valence-electron chi connectivity index (χ0n) is 14.8. The Morgan fingerprint density at radius 2 is 0.700 bits per heavy atom. The van der Waals surface area contributed by atoms with Gasteiger partial charge in [-0.05, 0) is 36.4 Å². The first-order valence-electron chi connectivity index (χ1n) is 8.23. The Morgan fingerprint density at radius 3 is 1.00 bits per heavy atom. The summed E-state index contributed by atoms with van der Waals surface area (Å²) in [5, 5.41) is 0. The van der Waals surface area contributed by atoms with Crippen molar-refractivity contribution in [3.05, 3.63) is 72.8 Å². The highest BCUT2D eigenvalue weighted by atomic mass is 19.4. The van der Waals surface area contributed by atoms with Crippen molar-refractivity contribution in [3.8, 4) is 34.5 Å². The van der Waals surface area contributed by atoms with Gasteiger partial charge in [-0.15, -0.1) is 26.3 Å². The second kappa shape index (κ2) is 8.44. The molecular weight excluding hydrogens is 418 g/mol. The molecule has 3 rings (SSSR count). The number of hydrogen-bond acceptors (Lipinski definition) is 4. The lowest BCUT2D eigenvalue weighted by Gasteiger charge is -2.12. The van der Waals surface area contributed by atoms with Crippen LogP contribution in [0.2, 0.25) is 0 Å². The zero-order chi connectivity index (χ0) is 21.8. The molecule has 0 aromatic heterocycles. The molecule has 4 nitrogen and oxygen atoms in total. The van der Waals surface area contributed by atoms with Gasteiger partial charge in [-0.25, -0.2) is 0 Å². The fraction of sp³-hybridized carbons (Fsp3) is 0.100. The van der Waals surface area contributed by atoms with Gasteiger partial charge in [-0.3, -0.25) is 0 Å². The molecule has 0 unspecified atom stereocenters. The van der Waals surface area contributed by atoms with Crippen molar-refractivity contribution in [2.75, 3.05) is 0 Å². The number of ether oxygens (including phenoxy) is 4. The van der Waals surface area contributed by atoms with Crippen LogP contribution in [-0.2, 0) is 0 Å². The van der Waals surface area contributed by atoms with Crippen LogP contribution >= 0.6 is 0 Å². The van der Waals surface area contributed by atoms with Crippen LogP contribution in [-0.4, -0.2) is 12.7 Å². The van der Waals surface area contributed by atoms with Gasteiger partial charge in [0.1, 0.15) is 34.5 Å². The molecule has 0 saturated heterocycles. The van der Waals surface area contributed by atoms with Crippen LogP contribution in [0.4, 0.5) is 26.3 Å². The Kier molecular flexibility index (Phi) is 5.95. The molecule has 0 spiro atoms. The van der Waals surface area contributed by atoms with E-state index in [2.05, 4.69) is 9.47 Å². The van der Waals surface area contributed by atoms with Gasteiger partial charge in [0.05, 0.1) is 0 Å². The van der Waals surface area contributed by atoms with Crippen molar-refractivity contribution in [2.45, 2.75) is 12.7 Å². The van der Waals surface area contributed by atoms with Gasteiger partial charge in [0.2, 0.25) is 0 Å². The third-order valence-corrected chi connectivity index (χ3v) is 3.36. The van der Waals surface area contributed by atoms with E-state index < -0.39 is 24.2 Å². The van der Waals surface area contributed by atoms with Crippen molar-refractivity contribution in [1.29, 1.82) is 0 Å². The summed E-state index contributed by atoms with van der Waals surface area (Å²) in [5.74, 6) is -0.301. The van der Waals surface area contributed by atoms with Crippen LogP contribution in [0.15, 0.2) is 72.8 Å². The molecule has 3 aromatic rings. The summed E-state index contributed by atoms with van der Waals surface area (Å²) >= 11 is 0. The summed E-state index contributed by atoms with van der Waals surface area (Å²) in [6.07, 6.45) is -9.67. The fourth-order valence-corrected chi connectivity index (χ4v) is 2.34. The highest BCUT2D eigenvalue weighted by Crippen LogP contribution is 2.33. The van der Waals surface area contributed by atoms with E-state index in [1.165, 1.54) is 48.5 Å². The Morgan fingerprint density at radius 1 is 0.433 bits per heavy atom. The number of hydrogen-bond donors (Lipinski definition) is 0. The lowest BCUT2D eigenvalue weighted by molar-refractivity contribution is -0.275. The van der Waals surface area contributed by atoms with Crippen LogP contribution in [0.3, 0.4) is 0 Å². The third-order valence-electron chi connectivity index (χ3n) is 3.36. The Hall–Kier alpha value is -3.56. The minimum absolute atomic E-state index is 0.0782. The highest BCUT2D eigenvalue weighted by molar-refractivity contribution is 5.42. The van der Waals surface area contributed by atoms with E-state index in [-0.39, 0.29) is 23.0 Å². The van der Waals surface area contributed by atoms with Crippen molar-refractivity contribution in [3.63, 3.8) is 0 Å². The second-order valence-electron chi connectivity index (χ2n) is 5.72. The molecule has 0 amide bonds. The molecule has 10 heteroatoms. The summed E-state index contributed by atoms with van der Waals surface area (Å²) in [4.78, 5) is 0. The monoisotopic (exact) mass is 430 g/mol. The molecule has 30 heavy (non-hydrogen) atoms. The Balaban J connectivity index is 1.71. The Bertz CT molecular complexity index is 924. The molecule has 0 aliphatic rings. The first-order chi connectivity index (χ1) is 14.1. The summed E-state index contributed by atoms with van der Waals surface area (Å²) < 4.78 is 92.6. The van der Waals surface area contributed by atoms with Crippen LogP contribution in [0.1, 0.15) is 0 Å². The molecule has 0 bridgehead atoms. The van der Waals surface area contributed by atoms with Gasteiger partial charge in [0, 0.05) is 18.2 Å². The summed E-state index contributed by atoms with van der Waals surface area (Å²) in [6.45, 7) is 0. The minimum Gasteiger partial charge on any atom is -0.457 e. The normalized spacial score (nSPS) is 11.7. The lowest BCUT2D eigenvalue weighted by Crippen LogP contribution is -2.17. The van der Waals surface area contributed by atoms with Crippen molar-refractivity contribution in [1.82, 2.24) is 0 Å². The fourth-order valence-electron chi connectivity index (χ4n) is 2.34. The third kappa shape index (κ3) is 6.80. The van der Waals surface area contributed by atoms with Gasteiger partial charge in [0.25, 0.3) is 0 Å². The molecule has 0 N–H and O–H groups in total. The summed E-state index contributed by atoms with van der Waals surface area (Å²) in [6, 6.07) is 15.8. The lowest BCUT2D eigenvalue weighted by atomic mass is 10.3. The highest BCUT2D eigenvalue weighted by Gasteiger charge is 2.31. The predicted molar refractivity (Wildman–Crippen MR) is 92.8 cm³/mol. The van der Waals surface area contributed by atoms with E-state index in [4.69, 9.17) is 9.47 Å². The number of halogens is 6. The molecule has 0 saturated carbocycles. The van der Waals surface area contributed by atoms with Gasteiger partial charge in [-0.2, -0.15) is 0 Å². The topological polar surface area (TPSA) is 36.9 Å². The van der Waals surface area contributed by atoms with Gasteiger partial charge < -0.3 is 18.9 Å². The van der Waals surface area contributed by atoms with E-state index in [1.807, 2.05) is 0 Å². The summed E-state index contributed by atoms with van der Waals surface area (Å²) in [5.41, 5.74) is 0. The summed E-state index contributed by atoms with van der Waals surface area (Å²) in [7, 11) is 0. The van der Waals surface area contributed by atoms with E-state index in [9.17, 15) is 26.3 Å². The van der Waals surface area contributed by atoms with Gasteiger partial charge >= 0.3 is 12.7 Å². The van der Waals surface area contributed by atoms with Crippen LogP contribution in [0, 0.1) is 0 Å². The van der Waals surface area contributed by atoms with Crippen LogP contribution in [0.5, 0.6) is 34.5 Å². The molecule has 0 aliphatic carbocycles. The molecular formula is C20H12F6O4. The molecule has 158 valence electrons. The van der Waals surface area contributed by atoms with E-state index in [0.717, 1.165) is 24.3 Å². The molecule has 0 radical (unpaired) electrons. The number of rotatable bonds is 6. The van der Waals surface area contributed by atoms with Crippen LogP contribution < -0.4 is 18.9 Å². The quantitative estimate of drug-likeness (QED) is 0.392. The maximum atomic E-state index is 12.3. The Labute approximate surface area is 166 Å². The molecule has 0 heterocycles. The maximum Gasteiger partial charge on any atom is 0.573 e. The largest absolute Gasteiger partial charge is 0.573 e. The minimum atomic E-state index is -4.84. The molecule has 0 fully saturated rings. The number of benzene rings is 3. The second-order valence-corrected chi connectivity index (χ2v) is 5.72. The van der Waals surface area contributed by atoms with Crippen molar-refractivity contribution < 1.29 is 45.3 Å². The first-order valence-corrected chi connectivity index (χ1v) is 8.23. The van der Waals surface area contributed by atoms with Crippen molar-refractivity contribution in [2.24, 2.45) is 0 Å². The first kappa shape index (κ1) is 21.2. The molecule has 0 aliphatic heterocycles. The van der Waals surface area contributed by atoms with E-state index in [1.54, 1.807) is 0 Å². The average Bonchev–Trinajstić information content (AvgIpc) is 2.59. The van der Waals surface area contributed by atoms with Crippen molar-refractivity contribution >= 4 is 0 Å². The van der Waals surface area contributed by atoms with Gasteiger partial charge in [0.15, 0.2) is 0 Å². The molecule has 0 atom stereocenters. The standard InChI is InChI=1S/C20H12F6O4/c21-19(22,23)29-17-8-2-6-15(11-17)27-13-4-1-5-14(10-13)28-16-7-3-9-18(12-16)30-20(24,25)26/h1-12H. The zero-order valence-corrected chi connectivity index (χ0v) is 14.8. The van der Waals surface area contributed by atoms with Crippen LogP contribution in [0.25, 0.3) is 0 Å². The van der Waals surface area contributed by atoms with E-state index in [0.29, 0.717) is 0 Å². The van der Waals surface area contributed by atoms with E-state index >= 15 is 0 Å². The smallest absolute Gasteiger partial charge is 0.457 e. The predicted octanol–water partition coefficient (Wildman–Crippen LogP) is 7.07. The average molecular weight is 430 g/mol. The SMILES string of the molecule is FC(F)(F)Oc1cccc(Oc2cccc(Oc3cccc(OC(F)(F)F)c3)c2)c1. The maximum absolute atomic E-state index is 12.3. The number of alkyl halides is 6.